The number of aromatic nitrogens is 2. The lowest BCUT2D eigenvalue weighted by Gasteiger charge is -2.34. The number of carbonyl (C=O) groups is 2. The number of amides is 2. The molecule has 1 aromatic heterocycles. The summed E-state index contributed by atoms with van der Waals surface area (Å²) < 4.78 is 5.42. The molecule has 2 aliphatic heterocycles. The van der Waals surface area contributed by atoms with Gasteiger partial charge in [0.05, 0.1) is 6.04 Å². The third kappa shape index (κ3) is 4.85. The normalized spacial score (nSPS) is 21.8. The number of likely N-dealkylation sites (tertiary alicyclic amines) is 1. The van der Waals surface area contributed by atoms with E-state index in [9.17, 15) is 9.59 Å². The number of piperazine rings is 1. The lowest BCUT2D eigenvalue weighted by molar-refractivity contribution is -0.134. The Balaban J connectivity index is 1.08. The molecule has 0 radical (unpaired) electrons. The molecule has 1 saturated carbocycles. The molecule has 2 saturated heterocycles. The van der Waals surface area contributed by atoms with Crippen LogP contribution in [0.25, 0.3) is 0 Å². The van der Waals surface area contributed by atoms with Gasteiger partial charge in [-0.3, -0.25) is 14.5 Å². The maximum absolute atomic E-state index is 12.7. The van der Waals surface area contributed by atoms with Gasteiger partial charge in [0.1, 0.15) is 0 Å². The standard InChI is InChI=1S/C24H31N5O3/c30-22(28-15-13-27(14-16-28)17-18-5-2-1-3-6-18)11-10-21-25-23(26-32-21)20-7-4-12-29(20)24(31)19-8-9-19/h1-3,5-6,19-20H,4,7-17H2. The Bertz CT molecular complexity index is 934. The first-order chi connectivity index (χ1) is 15.7. The Morgan fingerprint density at radius 2 is 1.78 bits per heavy atom. The molecule has 170 valence electrons. The number of carbonyl (C=O) groups excluding carboxylic acids is 2. The number of aryl methyl sites for hydroxylation is 1. The van der Waals surface area contributed by atoms with E-state index < -0.39 is 0 Å². The van der Waals surface area contributed by atoms with E-state index in [4.69, 9.17) is 4.52 Å². The summed E-state index contributed by atoms with van der Waals surface area (Å²) in [4.78, 5) is 36.0. The van der Waals surface area contributed by atoms with Gasteiger partial charge in [0.25, 0.3) is 0 Å². The molecule has 8 nitrogen and oxygen atoms in total. The molecular formula is C24H31N5O3. The van der Waals surface area contributed by atoms with E-state index in [2.05, 4.69) is 39.3 Å². The van der Waals surface area contributed by atoms with Crippen LogP contribution < -0.4 is 0 Å². The average Bonchev–Trinajstić information content (AvgIpc) is 3.37. The lowest BCUT2D eigenvalue weighted by atomic mass is 10.2. The van der Waals surface area contributed by atoms with Gasteiger partial charge in [0.2, 0.25) is 17.7 Å². The van der Waals surface area contributed by atoms with Gasteiger partial charge in [-0.2, -0.15) is 4.98 Å². The molecule has 3 aliphatic rings. The van der Waals surface area contributed by atoms with Gasteiger partial charge >= 0.3 is 0 Å². The SMILES string of the molecule is O=C(CCc1nc(C2CCCN2C(=O)C2CC2)no1)N1CCN(Cc2ccccc2)CC1. The van der Waals surface area contributed by atoms with Crippen molar-refractivity contribution in [3.05, 3.63) is 47.6 Å². The fraction of sp³-hybridized carbons (Fsp3) is 0.583. The van der Waals surface area contributed by atoms with Crippen LogP contribution in [0.5, 0.6) is 0 Å². The Morgan fingerprint density at radius 3 is 2.53 bits per heavy atom. The summed E-state index contributed by atoms with van der Waals surface area (Å²) in [5.41, 5.74) is 1.30. The van der Waals surface area contributed by atoms with Crippen molar-refractivity contribution in [2.45, 2.75) is 51.1 Å². The number of hydrogen-bond donors (Lipinski definition) is 0. The molecule has 1 unspecified atom stereocenters. The molecule has 2 aromatic rings. The minimum atomic E-state index is -0.0750. The van der Waals surface area contributed by atoms with E-state index >= 15 is 0 Å². The molecule has 32 heavy (non-hydrogen) atoms. The van der Waals surface area contributed by atoms with Crippen molar-refractivity contribution in [2.75, 3.05) is 32.7 Å². The van der Waals surface area contributed by atoms with Crippen molar-refractivity contribution >= 4 is 11.8 Å². The van der Waals surface area contributed by atoms with Gasteiger partial charge < -0.3 is 14.3 Å². The Hall–Kier alpha value is -2.74. The smallest absolute Gasteiger partial charge is 0.227 e. The molecular weight excluding hydrogens is 406 g/mol. The zero-order valence-corrected chi connectivity index (χ0v) is 18.5. The van der Waals surface area contributed by atoms with Crippen molar-refractivity contribution in [1.29, 1.82) is 0 Å². The second kappa shape index (κ2) is 9.40. The molecule has 3 fully saturated rings. The third-order valence-electron chi connectivity index (χ3n) is 6.77. The first-order valence-corrected chi connectivity index (χ1v) is 11.8. The second-order valence-corrected chi connectivity index (χ2v) is 9.15. The highest BCUT2D eigenvalue weighted by atomic mass is 16.5. The van der Waals surface area contributed by atoms with Crippen molar-refractivity contribution in [3.8, 4) is 0 Å². The third-order valence-corrected chi connectivity index (χ3v) is 6.77. The fourth-order valence-electron chi connectivity index (χ4n) is 4.74. The number of nitrogens with zero attached hydrogens (tertiary/aromatic N) is 5. The van der Waals surface area contributed by atoms with Gasteiger partial charge in [-0.05, 0) is 31.2 Å². The van der Waals surface area contributed by atoms with Crippen molar-refractivity contribution < 1.29 is 14.1 Å². The maximum atomic E-state index is 12.7. The minimum Gasteiger partial charge on any atom is -0.340 e. The van der Waals surface area contributed by atoms with Crippen LogP contribution >= 0.6 is 0 Å². The van der Waals surface area contributed by atoms with E-state index in [0.29, 0.717) is 24.6 Å². The molecule has 3 heterocycles. The van der Waals surface area contributed by atoms with Crippen LogP contribution in [0.15, 0.2) is 34.9 Å². The summed E-state index contributed by atoms with van der Waals surface area (Å²) >= 11 is 0. The predicted molar refractivity (Wildman–Crippen MR) is 117 cm³/mol. The molecule has 1 aliphatic carbocycles. The van der Waals surface area contributed by atoms with Gasteiger partial charge in [-0.25, -0.2) is 0 Å². The number of hydrogen-bond acceptors (Lipinski definition) is 6. The largest absolute Gasteiger partial charge is 0.340 e. The van der Waals surface area contributed by atoms with Crippen LogP contribution in [0.4, 0.5) is 0 Å². The average molecular weight is 438 g/mol. The number of benzene rings is 1. The highest BCUT2D eigenvalue weighted by Crippen LogP contribution is 2.37. The summed E-state index contributed by atoms with van der Waals surface area (Å²) in [6.45, 7) is 4.98. The highest BCUT2D eigenvalue weighted by molar-refractivity contribution is 5.81. The van der Waals surface area contributed by atoms with Crippen LogP contribution in [0.2, 0.25) is 0 Å². The topological polar surface area (TPSA) is 82.8 Å². The van der Waals surface area contributed by atoms with E-state index in [1.807, 2.05) is 15.9 Å². The highest BCUT2D eigenvalue weighted by Gasteiger charge is 2.40. The minimum absolute atomic E-state index is 0.0750. The molecule has 5 rings (SSSR count). The molecule has 2 amide bonds. The van der Waals surface area contributed by atoms with Gasteiger partial charge in [-0.1, -0.05) is 35.5 Å². The summed E-state index contributed by atoms with van der Waals surface area (Å²) in [5.74, 6) is 1.65. The number of rotatable bonds is 7. The van der Waals surface area contributed by atoms with Gasteiger partial charge in [-0.15, -0.1) is 0 Å². The molecule has 1 aromatic carbocycles. The molecule has 0 spiro atoms. The van der Waals surface area contributed by atoms with E-state index in [0.717, 1.165) is 65.0 Å². The first kappa shape index (κ1) is 21.1. The Labute approximate surface area is 188 Å². The second-order valence-electron chi connectivity index (χ2n) is 9.15. The van der Waals surface area contributed by atoms with Crippen LogP contribution in [0.3, 0.4) is 0 Å². The summed E-state index contributed by atoms with van der Waals surface area (Å²) in [6.07, 6.45) is 4.67. The van der Waals surface area contributed by atoms with Crippen LogP contribution in [-0.4, -0.2) is 69.4 Å². The van der Waals surface area contributed by atoms with E-state index in [1.165, 1.54) is 5.56 Å². The summed E-state index contributed by atoms with van der Waals surface area (Å²) in [5, 5.41) is 4.14. The fourth-order valence-corrected chi connectivity index (χ4v) is 4.74. The molecule has 8 heteroatoms. The van der Waals surface area contributed by atoms with Crippen molar-refractivity contribution in [1.82, 2.24) is 24.8 Å². The molecule has 0 bridgehead atoms. The quantitative estimate of drug-likeness (QED) is 0.662. The van der Waals surface area contributed by atoms with Crippen molar-refractivity contribution in [3.63, 3.8) is 0 Å². The van der Waals surface area contributed by atoms with Crippen LogP contribution in [0.1, 0.15) is 55.4 Å². The predicted octanol–water partition coefficient (Wildman–Crippen LogP) is 2.42. The monoisotopic (exact) mass is 437 g/mol. The van der Waals surface area contributed by atoms with E-state index in [1.54, 1.807) is 0 Å². The van der Waals surface area contributed by atoms with Crippen LogP contribution in [-0.2, 0) is 22.6 Å². The van der Waals surface area contributed by atoms with E-state index in [-0.39, 0.29) is 23.8 Å². The van der Waals surface area contributed by atoms with Crippen molar-refractivity contribution in [2.24, 2.45) is 5.92 Å². The lowest BCUT2D eigenvalue weighted by Crippen LogP contribution is -2.48. The summed E-state index contributed by atoms with van der Waals surface area (Å²) in [6, 6.07) is 10.4. The summed E-state index contributed by atoms with van der Waals surface area (Å²) in [7, 11) is 0. The van der Waals surface area contributed by atoms with Crippen LogP contribution in [0, 0.1) is 5.92 Å². The van der Waals surface area contributed by atoms with Gasteiger partial charge in [0, 0.05) is 58.0 Å². The zero-order chi connectivity index (χ0) is 21.9. The maximum Gasteiger partial charge on any atom is 0.227 e. The Morgan fingerprint density at radius 1 is 1.00 bits per heavy atom. The molecule has 0 N–H and O–H groups in total. The molecule has 1 atom stereocenters. The zero-order valence-electron chi connectivity index (χ0n) is 18.5. The van der Waals surface area contributed by atoms with Gasteiger partial charge in [0.15, 0.2) is 5.82 Å². The first-order valence-electron chi connectivity index (χ1n) is 11.8. The Kier molecular flexibility index (Phi) is 6.21.